The van der Waals surface area contributed by atoms with Crippen molar-refractivity contribution in [1.82, 2.24) is 5.32 Å². The Bertz CT molecular complexity index is 783. The summed E-state index contributed by atoms with van der Waals surface area (Å²) in [4.78, 5) is 11.7. The molecule has 5 heteroatoms. The smallest absolute Gasteiger partial charge is 0.261 e. The number of amides is 1. The SMILES string of the molecule is CNC(=O)/C(C#N)=C\c1c(OC)ccc2ccc(OC)cc12. The van der Waals surface area contributed by atoms with Gasteiger partial charge in [-0.15, -0.1) is 0 Å². The molecule has 0 aliphatic heterocycles. The maximum atomic E-state index is 11.7. The number of hydrogen-bond donors (Lipinski definition) is 1. The van der Waals surface area contributed by atoms with Crippen molar-refractivity contribution in [3.63, 3.8) is 0 Å². The van der Waals surface area contributed by atoms with E-state index in [2.05, 4.69) is 5.32 Å². The highest BCUT2D eigenvalue weighted by Crippen LogP contribution is 2.32. The Morgan fingerprint density at radius 3 is 2.55 bits per heavy atom. The van der Waals surface area contributed by atoms with Crippen molar-refractivity contribution in [2.24, 2.45) is 0 Å². The van der Waals surface area contributed by atoms with Crippen LogP contribution in [0.1, 0.15) is 5.56 Å². The molecule has 0 saturated heterocycles. The molecule has 0 fully saturated rings. The lowest BCUT2D eigenvalue weighted by molar-refractivity contribution is -0.116. The number of likely N-dealkylation sites (N-methyl/N-ethyl adjacent to an activating group) is 1. The Kier molecular flexibility index (Phi) is 4.64. The molecule has 0 saturated carbocycles. The molecule has 1 N–H and O–H groups in total. The van der Waals surface area contributed by atoms with Crippen molar-refractivity contribution >= 4 is 22.8 Å². The number of benzene rings is 2. The minimum absolute atomic E-state index is 0.0103. The molecular formula is C17H16N2O3. The van der Waals surface area contributed by atoms with Crippen molar-refractivity contribution in [1.29, 1.82) is 5.26 Å². The number of nitrogens with zero attached hydrogens (tertiary/aromatic N) is 1. The number of hydrogen-bond acceptors (Lipinski definition) is 4. The van der Waals surface area contributed by atoms with Gasteiger partial charge in [0.15, 0.2) is 0 Å². The first-order valence-corrected chi connectivity index (χ1v) is 6.63. The van der Waals surface area contributed by atoms with Gasteiger partial charge in [0.05, 0.1) is 14.2 Å². The number of fused-ring (bicyclic) bond motifs is 1. The van der Waals surface area contributed by atoms with Crippen LogP contribution in [0.5, 0.6) is 11.5 Å². The second-order valence-corrected chi connectivity index (χ2v) is 4.52. The first-order chi connectivity index (χ1) is 10.6. The van der Waals surface area contributed by atoms with Crippen LogP contribution in [-0.2, 0) is 4.79 Å². The summed E-state index contributed by atoms with van der Waals surface area (Å²) in [6, 6.07) is 11.2. The van der Waals surface area contributed by atoms with Crippen LogP contribution in [0.3, 0.4) is 0 Å². The second kappa shape index (κ2) is 6.64. The van der Waals surface area contributed by atoms with Crippen molar-refractivity contribution in [3.8, 4) is 17.6 Å². The summed E-state index contributed by atoms with van der Waals surface area (Å²) in [5, 5.41) is 13.4. The zero-order valence-corrected chi connectivity index (χ0v) is 12.6. The van der Waals surface area contributed by atoms with Crippen LogP contribution in [0.4, 0.5) is 0 Å². The lowest BCUT2D eigenvalue weighted by Gasteiger charge is -2.11. The summed E-state index contributed by atoms with van der Waals surface area (Å²) < 4.78 is 10.6. The Labute approximate surface area is 128 Å². The standard InChI is InChI=1S/C17H16N2O3/c1-19-17(20)12(10-18)8-15-14-9-13(21-2)6-4-11(14)5-7-16(15)22-3/h4-9H,1-3H3,(H,19,20)/b12-8-. The normalized spacial score (nSPS) is 10.9. The fraction of sp³-hybridized carbons (Fsp3) is 0.176. The molecular weight excluding hydrogens is 280 g/mol. The third-order valence-corrected chi connectivity index (χ3v) is 3.33. The Morgan fingerprint density at radius 1 is 1.23 bits per heavy atom. The molecule has 0 bridgehead atoms. The van der Waals surface area contributed by atoms with Gasteiger partial charge in [0.1, 0.15) is 23.1 Å². The Morgan fingerprint density at radius 2 is 1.95 bits per heavy atom. The fourth-order valence-electron chi connectivity index (χ4n) is 2.18. The van der Waals surface area contributed by atoms with Gasteiger partial charge in [0, 0.05) is 12.6 Å². The first-order valence-electron chi connectivity index (χ1n) is 6.63. The van der Waals surface area contributed by atoms with Gasteiger partial charge in [0.2, 0.25) is 0 Å². The van der Waals surface area contributed by atoms with Gasteiger partial charge in [-0.2, -0.15) is 5.26 Å². The maximum absolute atomic E-state index is 11.7. The van der Waals surface area contributed by atoms with Crippen LogP contribution in [0, 0.1) is 11.3 Å². The summed E-state index contributed by atoms with van der Waals surface area (Å²) in [7, 11) is 4.61. The van der Waals surface area contributed by atoms with Crippen molar-refractivity contribution in [2.45, 2.75) is 0 Å². The molecule has 0 unspecified atom stereocenters. The van der Waals surface area contributed by atoms with E-state index in [0.717, 1.165) is 10.8 Å². The van der Waals surface area contributed by atoms with E-state index in [1.807, 2.05) is 30.3 Å². The molecule has 0 atom stereocenters. The van der Waals surface area contributed by atoms with Crippen molar-refractivity contribution in [2.75, 3.05) is 21.3 Å². The Balaban J connectivity index is 2.76. The van der Waals surface area contributed by atoms with E-state index in [1.54, 1.807) is 20.3 Å². The number of ether oxygens (including phenoxy) is 2. The molecule has 0 aliphatic carbocycles. The van der Waals surface area contributed by atoms with Crippen LogP contribution in [0.2, 0.25) is 0 Å². The molecule has 2 aromatic carbocycles. The maximum Gasteiger partial charge on any atom is 0.261 e. The highest BCUT2D eigenvalue weighted by molar-refractivity contribution is 6.05. The topological polar surface area (TPSA) is 71.4 Å². The van der Waals surface area contributed by atoms with Gasteiger partial charge < -0.3 is 14.8 Å². The van der Waals surface area contributed by atoms with E-state index in [9.17, 15) is 10.1 Å². The van der Waals surface area contributed by atoms with Gasteiger partial charge >= 0.3 is 0 Å². The molecule has 0 aromatic heterocycles. The number of rotatable bonds is 4. The number of carbonyl (C=O) groups is 1. The third-order valence-electron chi connectivity index (χ3n) is 3.33. The highest BCUT2D eigenvalue weighted by atomic mass is 16.5. The largest absolute Gasteiger partial charge is 0.497 e. The molecule has 22 heavy (non-hydrogen) atoms. The van der Waals surface area contributed by atoms with Crippen LogP contribution in [0.25, 0.3) is 16.8 Å². The van der Waals surface area contributed by atoms with E-state index < -0.39 is 5.91 Å². The van der Waals surface area contributed by atoms with Crippen LogP contribution in [-0.4, -0.2) is 27.2 Å². The van der Waals surface area contributed by atoms with E-state index in [4.69, 9.17) is 9.47 Å². The van der Waals surface area contributed by atoms with Gasteiger partial charge in [-0.1, -0.05) is 12.1 Å². The number of methoxy groups -OCH3 is 2. The predicted molar refractivity (Wildman–Crippen MR) is 84.7 cm³/mol. The fourth-order valence-corrected chi connectivity index (χ4v) is 2.18. The Hall–Kier alpha value is -3.00. The molecule has 2 aromatic rings. The summed E-state index contributed by atoms with van der Waals surface area (Å²) in [5.74, 6) is 0.829. The molecule has 5 nitrogen and oxygen atoms in total. The molecule has 2 rings (SSSR count). The zero-order valence-electron chi connectivity index (χ0n) is 12.6. The average molecular weight is 296 g/mol. The summed E-state index contributed by atoms with van der Waals surface area (Å²) in [6.45, 7) is 0. The van der Waals surface area contributed by atoms with Crippen LogP contribution < -0.4 is 14.8 Å². The highest BCUT2D eigenvalue weighted by Gasteiger charge is 2.12. The minimum Gasteiger partial charge on any atom is -0.497 e. The average Bonchev–Trinajstić information content (AvgIpc) is 2.58. The van der Waals surface area contributed by atoms with Gasteiger partial charge in [-0.05, 0) is 35.0 Å². The molecule has 1 amide bonds. The molecule has 0 spiro atoms. The number of carbonyl (C=O) groups excluding carboxylic acids is 1. The third kappa shape index (κ3) is 2.86. The van der Waals surface area contributed by atoms with E-state index in [-0.39, 0.29) is 5.57 Å². The van der Waals surface area contributed by atoms with E-state index >= 15 is 0 Å². The van der Waals surface area contributed by atoms with Crippen LogP contribution >= 0.6 is 0 Å². The van der Waals surface area contributed by atoms with Crippen LogP contribution in [0.15, 0.2) is 35.9 Å². The lowest BCUT2D eigenvalue weighted by Crippen LogP contribution is -2.19. The molecule has 112 valence electrons. The quantitative estimate of drug-likeness (QED) is 0.695. The monoisotopic (exact) mass is 296 g/mol. The van der Waals surface area contributed by atoms with E-state index in [1.165, 1.54) is 13.1 Å². The molecule has 0 aliphatic rings. The minimum atomic E-state index is -0.440. The molecule has 0 radical (unpaired) electrons. The first kappa shape index (κ1) is 15.4. The number of nitrogens with one attached hydrogen (secondary N) is 1. The van der Waals surface area contributed by atoms with Crippen molar-refractivity contribution < 1.29 is 14.3 Å². The summed E-state index contributed by atoms with van der Waals surface area (Å²) >= 11 is 0. The zero-order chi connectivity index (χ0) is 16.1. The number of nitriles is 1. The van der Waals surface area contributed by atoms with Crippen molar-refractivity contribution in [3.05, 3.63) is 41.5 Å². The van der Waals surface area contributed by atoms with Gasteiger partial charge in [0.25, 0.3) is 5.91 Å². The van der Waals surface area contributed by atoms with E-state index in [0.29, 0.717) is 17.1 Å². The summed E-state index contributed by atoms with van der Waals surface area (Å²) in [6.07, 6.45) is 1.53. The molecule has 0 heterocycles. The lowest BCUT2D eigenvalue weighted by atomic mass is 10.0. The summed E-state index contributed by atoms with van der Waals surface area (Å²) in [5.41, 5.74) is 0.676. The predicted octanol–water partition coefficient (Wildman–Crippen LogP) is 2.51. The van der Waals surface area contributed by atoms with Gasteiger partial charge in [-0.3, -0.25) is 4.79 Å². The van der Waals surface area contributed by atoms with Gasteiger partial charge in [-0.25, -0.2) is 0 Å². The second-order valence-electron chi connectivity index (χ2n) is 4.52.